The van der Waals surface area contributed by atoms with E-state index in [2.05, 4.69) is 0 Å². The standard InChI is InChI=1S/C14H20F10.Na.H/c15-1-11(2-16,3-17)13(7-21,8-22)14(9-23,10-24)12(4-18,5-19)6-20;;/h1-10H2;;. The molecule has 0 atom stereocenters. The molecule has 0 nitrogen and oxygen atoms in total. The fourth-order valence-electron chi connectivity index (χ4n) is 3.15. The summed E-state index contributed by atoms with van der Waals surface area (Å²) in [4.78, 5) is 0. The zero-order chi connectivity index (χ0) is 19.1. The summed E-state index contributed by atoms with van der Waals surface area (Å²) in [6.45, 7) is -21.6. The van der Waals surface area contributed by atoms with E-state index in [0.29, 0.717) is 0 Å². The van der Waals surface area contributed by atoms with Gasteiger partial charge in [-0.1, -0.05) is 0 Å². The van der Waals surface area contributed by atoms with Gasteiger partial charge in [-0.3, -0.25) is 43.9 Å². The molecule has 0 fully saturated rings. The molecule has 0 saturated carbocycles. The van der Waals surface area contributed by atoms with Crippen molar-refractivity contribution in [1.82, 2.24) is 0 Å². The summed E-state index contributed by atoms with van der Waals surface area (Å²) in [7, 11) is 0. The van der Waals surface area contributed by atoms with Crippen molar-refractivity contribution >= 4 is 29.6 Å². The molecule has 0 heterocycles. The van der Waals surface area contributed by atoms with E-state index in [1.807, 2.05) is 0 Å². The molecule has 0 bridgehead atoms. The molecule has 0 radical (unpaired) electrons. The van der Waals surface area contributed by atoms with Gasteiger partial charge in [0.15, 0.2) is 0 Å². The van der Waals surface area contributed by atoms with E-state index < -0.39 is 88.4 Å². The number of halogens is 10. The molecular weight excluding hydrogens is 381 g/mol. The van der Waals surface area contributed by atoms with Gasteiger partial charge in [0.25, 0.3) is 0 Å². The molecule has 0 aliphatic carbocycles. The Morgan fingerprint density at radius 3 is 0.560 bits per heavy atom. The molecule has 0 aliphatic heterocycles. The minimum atomic E-state index is -3.48. The Hall–Kier alpha value is 0.300. The monoisotopic (exact) mass is 402 g/mol. The Morgan fingerprint density at radius 1 is 0.320 bits per heavy atom. The van der Waals surface area contributed by atoms with E-state index in [1.54, 1.807) is 0 Å². The molecule has 0 saturated heterocycles. The first-order valence-electron chi connectivity index (χ1n) is 6.96. The van der Waals surface area contributed by atoms with E-state index in [1.165, 1.54) is 0 Å². The summed E-state index contributed by atoms with van der Waals surface area (Å²) in [6, 6.07) is 0. The van der Waals surface area contributed by atoms with E-state index in [-0.39, 0.29) is 29.6 Å². The van der Waals surface area contributed by atoms with Gasteiger partial charge in [0.1, 0.15) is 40.0 Å². The fourth-order valence-corrected chi connectivity index (χ4v) is 3.15. The SMILES string of the molecule is FCC(CF)(CF)C(CF)(CF)C(CF)(CF)C(CF)(CF)CF.[NaH]. The molecular formula is C14H21F10Na. The first-order valence-corrected chi connectivity index (χ1v) is 6.96. The summed E-state index contributed by atoms with van der Waals surface area (Å²) >= 11 is 0. The van der Waals surface area contributed by atoms with Crippen LogP contribution in [0.15, 0.2) is 0 Å². The van der Waals surface area contributed by atoms with Crippen molar-refractivity contribution in [3.8, 4) is 0 Å². The van der Waals surface area contributed by atoms with Gasteiger partial charge in [-0.05, 0) is 0 Å². The van der Waals surface area contributed by atoms with Gasteiger partial charge in [0, 0.05) is 0 Å². The Balaban J connectivity index is 0. The number of hydrogen-bond acceptors (Lipinski definition) is 0. The van der Waals surface area contributed by atoms with Crippen molar-refractivity contribution in [3.63, 3.8) is 0 Å². The maximum absolute atomic E-state index is 13.7. The van der Waals surface area contributed by atoms with Crippen LogP contribution < -0.4 is 0 Å². The summed E-state index contributed by atoms with van der Waals surface area (Å²) in [5, 5.41) is 0. The second-order valence-corrected chi connectivity index (χ2v) is 6.06. The number of hydrogen-bond donors (Lipinski definition) is 0. The Kier molecular flexibility index (Phi) is 12.3. The van der Waals surface area contributed by atoms with Crippen LogP contribution in [0, 0.1) is 21.7 Å². The van der Waals surface area contributed by atoms with Gasteiger partial charge in [0.05, 0.1) is 48.4 Å². The first kappa shape index (κ1) is 27.5. The average Bonchev–Trinajstić information content (AvgIpc) is 2.65. The van der Waals surface area contributed by atoms with E-state index >= 15 is 0 Å². The predicted octanol–water partition coefficient (Wildman–Crippen LogP) is 3.98. The maximum atomic E-state index is 13.7. The molecule has 0 aromatic carbocycles. The Labute approximate surface area is 162 Å². The number of alkyl halides is 10. The molecule has 0 rings (SSSR count). The number of rotatable bonds is 13. The predicted molar refractivity (Wildman–Crippen MR) is 76.6 cm³/mol. The van der Waals surface area contributed by atoms with E-state index in [4.69, 9.17) is 0 Å². The van der Waals surface area contributed by atoms with Crippen molar-refractivity contribution in [2.45, 2.75) is 0 Å². The van der Waals surface area contributed by atoms with Crippen LogP contribution in [0.3, 0.4) is 0 Å². The zero-order valence-electron chi connectivity index (χ0n) is 12.9. The van der Waals surface area contributed by atoms with E-state index in [9.17, 15) is 43.9 Å². The van der Waals surface area contributed by atoms with Crippen molar-refractivity contribution < 1.29 is 43.9 Å². The second-order valence-electron chi connectivity index (χ2n) is 6.06. The molecule has 25 heavy (non-hydrogen) atoms. The van der Waals surface area contributed by atoms with Crippen LogP contribution in [0.2, 0.25) is 0 Å². The van der Waals surface area contributed by atoms with Gasteiger partial charge in [0.2, 0.25) is 0 Å². The van der Waals surface area contributed by atoms with Gasteiger partial charge in [-0.2, -0.15) is 0 Å². The van der Waals surface area contributed by atoms with Crippen molar-refractivity contribution in [1.29, 1.82) is 0 Å². The normalized spacial score (nSPS) is 13.7. The molecule has 0 spiro atoms. The Bertz CT molecular complexity index is 301. The van der Waals surface area contributed by atoms with Crippen LogP contribution in [0.25, 0.3) is 0 Å². The summed E-state index contributed by atoms with van der Waals surface area (Å²) in [5.74, 6) is 0. The molecule has 0 aliphatic rings. The third kappa shape index (κ3) is 3.68. The van der Waals surface area contributed by atoms with Gasteiger partial charge in [-0.25, -0.2) is 0 Å². The third-order valence-electron chi connectivity index (χ3n) is 5.39. The Morgan fingerprint density at radius 2 is 0.480 bits per heavy atom. The molecule has 0 unspecified atom stereocenters. The molecule has 0 N–H and O–H groups in total. The van der Waals surface area contributed by atoms with Gasteiger partial charge in [-0.15, -0.1) is 0 Å². The minimum absolute atomic E-state index is 0. The summed E-state index contributed by atoms with van der Waals surface area (Å²) in [6.07, 6.45) is 0. The quantitative estimate of drug-likeness (QED) is 0.323. The van der Waals surface area contributed by atoms with Crippen LogP contribution in [0.1, 0.15) is 0 Å². The average molecular weight is 402 g/mol. The fraction of sp³-hybridized carbons (Fsp3) is 1.00. The molecule has 11 heteroatoms. The van der Waals surface area contributed by atoms with Crippen LogP contribution in [-0.4, -0.2) is 96.3 Å². The van der Waals surface area contributed by atoms with Crippen molar-refractivity contribution in [2.75, 3.05) is 66.7 Å². The van der Waals surface area contributed by atoms with Gasteiger partial charge < -0.3 is 0 Å². The van der Waals surface area contributed by atoms with Crippen molar-refractivity contribution in [3.05, 3.63) is 0 Å². The third-order valence-corrected chi connectivity index (χ3v) is 5.39. The summed E-state index contributed by atoms with van der Waals surface area (Å²) < 4.78 is 135. The van der Waals surface area contributed by atoms with Crippen LogP contribution in [0.5, 0.6) is 0 Å². The molecule has 0 aromatic heterocycles. The van der Waals surface area contributed by atoms with Crippen molar-refractivity contribution in [2.24, 2.45) is 21.7 Å². The topological polar surface area (TPSA) is 0 Å². The molecule has 0 amide bonds. The van der Waals surface area contributed by atoms with E-state index in [0.717, 1.165) is 0 Å². The van der Waals surface area contributed by atoms with Crippen LogP contribution in [-0.2, 0) is 0 Å². The van der Waals surface area contributed by atoms with Gasteiger partial charge >= 0.3 is 29.6 Å². The summed E-state index contributed by atoms with van der Waals surface area (Å²) in [5.41, 5.74) is -13.5. The zero-order valence-corrected chi connectivity index (χ0v) is 12.9. The molecule has 0 aromatic rings. The first-order chi connectivity index (χ1) is 11.4. The second kappa shape index (κ2) is 11.2. The molecule has 148 valence electrons. The van der Waals surface area contributed by atoms with Crippen LogP contribution >= 0.6 is 0 Å². The van der Waals surface area contributed by atoms with Crippen LogP contribution in [0.4, 0.5) is 43.9 Å².